The Morgan fingerprint density at radius 1 is 0.891 bits per heavy atom. The first-order valence-electron chi connectivity index (χ1n) is 16.3. The number of carbonyl (C=O) groups excluding carboxylic acids is 6. The molecule has 3 rings (SSSR count). The van der Waals surface area contributed by atoms with Crippen molar-refractivity contribution in [1.82, 2.24) is 20.9 Å². The summed E-state index contributed by atoms with van der Waals surface area (Å²) >= 11 is 9.53. The lowest BCUT2D eigenvalue weighted by Crippen LogP contribution is -2.60. The normalized spacial score (nSPS) is 20.2. The van der Waals surface area contributed by atoms with Crippen LogP contribution in [0.3, 0.4) is 0 Å². The molecule has 264 valence electrons. The monoisotopic (exact) mass is 691 g/mol. The van der Waals surface area contributed by atoms with Gasteiger partial charge >= 0.3 is 12.0 Å². The molecule has 5 amide bonds. The van der Waals surface area contributed by atoms with Crippen molar-refractivity contribution in [3.05, 3.63) is 0 Å². The number of rotatable bonds is 10. The first-order valence-corrected chi connectivity index (χ1v) is 17.4. The van der Waals surface area contributed by atoms with Crippen molar-refractivity contribution in [3.8, 4) is 0 Å². The third kappa shape index (κ3) is 14.4. The Morgan fingerprint density at radius 2 is 1.46 bits per heavy atom. The van der Waals surface area contributed by atoms with Crippen molar-refractivity contribution < 1.29 is 33.5 Å². The molecule has 0 bridgehead atoms. The minimum absolute atomic E-state index is 0.00905. The molecule has 1 aliphatic heterocycles. The van der Waals surface area contributed by atoms with Gasteiger partial charge in [0.05, 0.1) is 17.4 Å². The second kappa shape index (κ2) is 20.6. The lowest BCUT2D eigenvalue weighted by molar-refractivity contribution is -0.142. The van der Waals surface area contributed by atoms with Gasteiger partial charge in [-0.3, -0.25) is 24.0 Å². The van der Waals surface area contributed by atoms with Gasteiger partial charge in [-0.25, -0.2) is 4.79 Å². The molecule has 1 heterocycles. The number of hydrogen-bond acceptors (Lipinski definition) is 7. The molecule has 0 radical (unpaired) electrons. The van der Waals surface area contributed by atoms with Crippen LogP contribution in [0.1, 0.15) is 106 Å². The average molecular weight is 693 g/mol. The summed E-state index contributed by atoms with van der Waals surface area (Å²) in [6.07, 6.45) is 9.90. The number of esters is 1. The summed E-state index contributed by atoms with van der Waals surface area (Å²) in [7, 11) is 0. The molecule has 12 nitrogen and oxygen atoms in total. The number of hydrogen-bond donors (Lipinski definition) is 4. The largest absolute Gasteiger partial charge is 0.464 e. The van der Waals surface area contributed by atoms with E-state index in [1.54, 1.807) is 0 Å². The van der Waals surface area contributed by atoms with Crippen LogP contribution in [0.2, 0.25) is 0 Å². The second-order valence-corrected chi connectivity index (χ2v) is 14.3. The van der Waals surface area contributed by atoms with E-state index in [1.807, 2.05) is 20.8 Å². The van der Waals surface area contributed by atoms with Gasteiger partial charge in [-0.15, -0.1) is 23.2 Å². The molecule has 4 atom stereocenters. The van der Waals surface area contributed by atoms with Gasteiger partial charge in [0.15, 0.2) is 0 Å². The SMILES string of the molecule is CC(=O)OCC(NC(=O)NC(C(=O)N1CCCC1C(=O)NC(C)C(=O)C(N)=O)C1CCCCC1)C(C)(C)C.CC1CCC1.ClCCl. The van der Waals surface area contributed by atoms with Crippen molar-refractivity contribution in [2.45, 2.75) is 130 Å². The molecule has 4 unspecified atom stereocenters. The van der Waals surface area contributed by atoms with E-state index in [9.17, 15) is 28.8 Å². The number of ketones is 1. The predicted molar refractivity (Wildman–Crippen MR) is 178 cm³/mol. The summed E-state index contributed by atoms with van der Waals surface area (Å²) < 4.78 is 5.13. The summed E-state index contributed by atoms with van der Waals surface area (Å²) in [5, 5.41) is 8.39. The number of urea groups is 1. The van der Waals surface area contributed by atoms with Crippen LogP contribution in [0, 0.1) is 17.3 Å². The van der Waals surface area contributed by atoms with Gasteiger partial charge in [0.2, 0.25) is 17.6 Å². The Morgan fingerprint density at radius 3 is 1.91 bits per heavy atom. The molecule has 0 aromatic rings. The standard InChI is InChI=1S/C26H43N5O7.C5H10.CH2Cl2/c1-15(21(33)22(27)34)28-23(35)18-12-9-13-31(18)24(36)20(17-10-7-6-8-11-17)30-25(37)29-19(26(3,4)5)14-38-16(2)32;1-5-3-2-4-5;2-1-3/h15,17-20H,6-14H2,1-5H3,(H2,27,34)(H,28,35)(H2,29,30,37);5H,2-4H2,1H3;1H2. The van der Waals surface area contributed by atoms with Crippen LogP contribution in [0.4, 0.5) is 4.79 Å². The van der Waals surface area contributed by atoms with Gasteiger partial charge in [0.1, 0.15) is 18.7 Å². The molecule has 5 N–H and O–H groups in total. The fourth-order valence-corrected chi connectivity index (χ4v) is 5.58. The Hall–Kier alpha value is -2.60. The first kappa shape index (κ1) is 41.4. The van der Waals surface area contributed by atoms with Gasteiger partial charge in [-0.1, -0.05) is 66.2 Å². The highest BCUT2D eigenvalue weighted by molar-refractivity contribution is 6.40. The van der Waals surface area contributed by atoms with Crippen LogP contribution >= 0.6 is 23.2 Å². The highest BCUT2D eigenvalue weighted by atomic mass is 35.5. The van der Waals surface area contributed by atoms with E-state index in [0.717, 1.165) is 38.0 Å². The smallest absolute Gasteiger partial charge is 0.315 e. The van der Waals surface area contributed by atoms with E-state index in [1.165, 1.54) is 38.0 Å². The van der Waals surface area contributed by atoms with Gasteiger partial charge in [0, 0.05) is 13.5 Å². The van der Waals surface area contributed by atoms with Crippen LogP contribution in [0.15, 0.2) is 0 Å². The number of halogens is 2. The number of likely N-dealkylation sites (tertiary alicyclic amines) is 1. The Kier molecular flexibility index (Phi) is 18.5. The van der Waals surface area contributed by atoms with Crippen LogP contribution in [0.5, 0.6) is 0 Å². The molecular formula is C32H55Cl2N5O7. The van der Waals surface area contributed by atoms with Crippen molar-refractivity contribution in [1.29, 1.82) is 0 Å². The molecule has 0 aromatic carbocycles. The lowest BCUT2D eigenvalue weighted by Gasteiger charge is -2.36. The number of ether oxygens (including phenoxy) is 1. The second-order valence-electron chi connectivity index (χ2n) is 13.5. The van der Waals surface area contributed by atoms with Crippen molar-refractivity contribution in [3.63, 3.8) is 0 Å². The van der Waals surface area contributed by atoms with Crippen LogP contribution in [-0.2, 0) is 28.7 Å². The molecule has 3 aliphatic rings. The summed E-state index contributed by atoms with van der Waals surface area (Å²) in [6, 6.07) is -3.83. The van der Waals surface area contributed by atoms with E-state index in [2.05, 4.69) is 22.9 Å². The van der Waals surface area contributed by atoms with E-state index in [-0.39, 0.29) is 23.8 Å². The maximum atomic E-state index is 13.8. The maximum absolute atomic E-state index is 13.8. The highest BCUT2D eigenvalue weighted by Gasteiger charge is 2.41. The first-order chi connectivity index (χ1) is 21.5. The third-order valence-corrected chi connectivity index (χ3v) is 8.71. The minimum Gasteiger partial charge on any atom is -0.464 e. The molecule has 0 spiro atoms. The van der Waals surface area contributed by atoms with E-state index in [4.69, 9.17) is 33.7 Å². The number of nitrogens with two attached hydrogens (primary N) is 1. The molecule has 2 aliphatic carbocycles. The molecular weight excluding hydrogens is 637 g/mol. The number of primary amides is 1. The lowest BCUT2D eigenvalue weighted by atomic mass is 9.83. The van der Waals surface area contributed by atoms with Crippen molar-refractivity contribution >= 4 is 58.7 Å². The predicted octanol–water partition coefficient (Wildman–Crippen LogP) is 3.99. The maximum Gasteiger partial charge on any atom is 0.315 e. The van der Waals surface area contributed by atoms with E-state index < -0.39 is 59.2 Å². The average Bonchev–Trinajstić information content (AvgIpc) is 3.47. The number of nitrogens with zero attached hydrogens (tertiary/aromatic N) is 1. The topological polar surface area (TPSA) is 177 Å². The summed E-state index contributed by atoms with van der Waals surface area (Å²) in [6.45, 7) is 11.0. The van der Waals surface area contributed by atoms with Crippen molar-refractivity contribution in [2.24, 2.45) is 23.0 Å². The summed E-state index contributed by atoms with van der Waals surface area (Å²) in [5.74, 6) is -2.45. The zero-order valence-corrected chi connectivity index (χ0v) is 29.8. The molecule has 1 saturated heterocycles. The Balaban J connectivity index is 0.00000116. The fraction of sp³-hybridized carbons (Fsp3) is 0.812. The summed E-state index contributed by atoms with van der Waals surface area (Å²) in [4.78, 5) is 75.7. The minimum atomic E-state index is -1.15. The Bertz CT molecular complexity index is 1030. The number of carbonyl (C=O) groups is 6. The van der Waals surface area contributed by atoms with E-state index in [0.29, 0.717) is 19.4 Å². The Labute approximate surface area is 283 Å². The molecule has 0 aromatic heterocycles. The number of nitrogens with one attached hydrogen (secondary N) is 3. The summed E-state index contributed by atoms with van der Waals surface area (Å²) in [5.41, 5.74) is 4.61. The third-order valence-electron chi connectivity index (χ3n) is 8.71. The zero-order valence-electron chi connectivity index (χ0n) is 28.3. The molecule has 14 heteroatoms. The highest BCUT2D eigenvalue weighted by Crippen LogP contribution is 2.30. The fourth-order valence-electron chi connectivity index (χ4n) is 5.58. The van der Waals surface area contributed by atoms with Crippen LogP contribution in [-0.4, -0.2) is 83.1 Å². The molecule has 46 heavy (non-hydrogen) atoms. The van der Waals surface area contributed by atoms with Gasteiger partial charge in [-0.05, 0) is 49.9 Å². The number of amides is 5. The zero-order chi connectivity index (χ0) is 35.0. The van der Waals surface area contributed by atoms with Gasteiger partial charge in [-0.2, -0.15) is 0 Å². The van der Waals surface area contributed by atoms with Gasteiger partial charge in [0.25, 0.3) is 5.91 Å². The molecule has 3 fully saturated rings. The van der Waals surface area contributed by atoms with Crippen LogP contribution in [0.25, 0.3) is 0 Å². The van der Waals surface area contributed by atoms with Crippen LogP contribution < -0.4 is 21.7 Å². The number of Topliss-reactive ketones (excluding diaryl/α,β-unsaturated/α-hetero) is 1. The van der Waals surface area contributed by atoms with Gasteiger partial charge < -0.3 is 31.3 Å². The quantitative estimate of drug-likeness (QED) is 0.152. The number of alkyl halides is 2. The van der Waals surface area contributed by atoms with Crippen molar-refractivity contribution in [2.75, 3.05) is 18.5 Å². The molecule has 2 saturated carbocycles. The van der Waals surface area contributed by atoms with E-state index >= 15 is 0 Å².